The summed E-state index contributed by atoms with van der Waals surface area (Å²) in [5, 5.41) is 2.90. The fourth-order valence-corrected chi connectivity index (χ4v) is 3.81. The lowest BCUT2D eigenvalue weighted by Crippen LogP contribution is -2.10. The molecular formula is C20H16Cl2O2S. The van der Waals surface area contributed by atoms with E-state index in [1.54, 1.807) is 35.6 Å². The Morgan fingerprint density at radius 2 is 1.88 bits per heavy atom. The third-order valence-electron chi connectivity index (χ3n) is 4.01. The smallest absolute Gasteiger partial charge is 0.338 e. The average Bonchev–Trinajstić information content (AvgIpc) is 3.17. The summed E-state index contributed by atoms with van der Waals surface area (Å²) < 4.78 is 5.48. The van der Waals surface area contributed by atoms with Crippen LogP contribution in [0.3, 0.4) is 0 Å². The number of carbonyl (C=O) groups excluding carboxylic acids is 1. The number of rotatable bonds is 5. The van der Waals surface area contributed by atoms with Gasteiger partial charge in [-0.3, -0.25) is 0 Å². The second-order valence-corrected chi connectivity index (χ2v) is 7.38. The van der Waals surface area contributed by atoms with E-state index in [2.05, 4.69) is 13.0 Å². The summed E-state index contributed by atoms with van der Waals surface area (Å²) in [5.74, 6) is -0.242. The van der Waals surface area contributed by atoms with Gasteiger partial charge in [-0.05, 0) is 29.1 Å². The van der Waals surface area contributed by atoms with E-state index in [-0.39, 0.29) is 18.5 Å². The van der Waals surface area contributed by atoms with Crippen LogP contribution in [0.5, 0.6) is 0 Å². The van der Waals surface area contributed by atoms with Crippen molar-refractivity contribution in [1.82, 2.24) is 0 Å². The summed E-state index contributed by atoms with van der Waals surface area (Å²) in [5.41, 5.74) is 2.21. The van der Waals surface area contributed by atoms with Crippen LogP contribution < -0.4 is 0 Å². The minimum Gasteiger partial charge on any atom is -0.457 e. The van der Waals surface area contributed by atoms with E-state index in [0.29, 0.717) is 21.2 Å². The molecule has 1 aromatic heterocycles. The number of esters is 1. The number of halogens is 2. The quantitative estimate of drug-likeness (QED) is 0.460. The summed E-state index contributed by atoms with van der Waals surface area (Å²) in [6.07, 6.45) is 0. The molecule has 3 aromatic rings. The van der Waals surface area contributed by atoms with E-state index >= 15 is 0 Å². The molecule has 1 unspecified atom stereocenters. The lowest BCUT2D eigenvalue weighted by molar-refractivity contribution is 0.0471. The maximum atomic E-state index is 12.6. The maximum absolute atomic E-state index is 12.6. The Labute approximate surface area is 161 Å². The second kappa shape index (κ2) is 8.05. The largest absolute Gasteiger partial charge is 0.457 e. The van der Waals surface area contributed by atoms with Crippen LogP contribution in [-0.2, 0) is 11.3 Å². The summed E-state index contributed by atoms with van der Waals surface area (Å²) in [7, 11) is 0. The molecule has 25 heavy (non-hydrogen) atoms. The van der Waals surface area contributed by atoms with E-state index in [9.17, 15) is 4.79 Å². The van der Waals surface area contributed by atoms with Crippen molar-refractivity contribution in [2.24, 2.45) is 0 Å². The summed E-state index contributed by atoms with van der Waals surface area (Å²) in [4.78, 5) is 13.8. The van der Waals surface area contributed by atoms with Gasteiger partial charge in [0.25, 0.3) is 0 Å². The summed E-state index contributed by atoms with van der Waals surface area (Å²) in [6, 6.07) is 16.9. The number of ether oxygens (including phenoxy) is 1. The van der Waals surface area contributed by atoms with Crippen molar-refractivity contribution in [3.8, 4) is 0 Å². The Hall–Kier alpha value is -1.81. The second-order valence-electron chi connectivity index (χ2n) is 5.61. The highest BCUT2D eigenvalue weighted by Crippen LogP contribution is 2.31. The minimum absolute atomic E-state index is 0.0833. The van der Waals surface area contributed by atoms with Gasteiger partial charge in [-0.15, -0.1) is 11.3 Å². The molecule has 5 heteroatoms. The van der Waals surface area contributed by atoms with Crippen LogP contribution >= 0.6 is 34.5 Å². The normalized spacial score (nSPS) is 12.0. The lowest BCUT2D eigenvalue weighted by atomic mass is 9.94. The van der Waals surface area contributed by atoms with Crippen molar-refractivity contribution >= 4 is 40.5 Å². The summed E-state index contributed by atoms with van der Waals surface area (Å²) >= 11 is 13.8. The van der Waals surface area contributed by atoms with E-state index in [0.717, 1.165) is 5.56 Å². The van der Waals surface area contributed by atoms with E-state index < -0.39 is 0 Å². The molecular weight excluding hydrogens is 375 g/mol. The third kappa shape index (κ3) is 4.06. The predicted molar refractivity (Wildman–Crippen MR) is 104 cm³/mol. The van der Waals surface area contributed by atoms with Crippen LogP contribution in [0.25, 0.3) is 0 Å². The van der Waals surface area contributed by atoms with Crippen molar-refractivity contribution in [3.05, 3.63) is 91.6 Å². The Kier molecular flexibility index (Phi) is 5.79. The zero-order valence-corrected chi connectivity index (χ0v) is 15.9. The van der Waals surface area contributed by atoms with Gasteiger partial charge in [-0.25, -0.2) is 4.79 Å². The molecule has 1 heterocycles. The number of hydrogen-bond acceptors (Lipinski definition) is 3. The van der Waals surface area contributed by atoms with Gasteiger partial charge in [0, 0.05) is 16.4 Å². The molecule has 0 amide bonds. The molecule has 2 nitrogen and oxygen atoms in total. The Balaban J connectivity index is 1.80. The molecule has 1 atom stereocenters. The highest BCUT2D eigenvalue weighted by atomic mass is 35.5. The first-order valence-electron chi connectivity index (χ1n) is 7.80. The highest BCUT2D eigenvalue weighted by Gasteiger charge is 2.19. The number of benzene rings is 2. The average molecular weight is 391 g/mol. The molecule has 0 saturated carbocycles. The molecule has 2 aromatic carbocycles. The van der Waals surface area contributed by atoms with Crippen LogP contribution in [0.15, 0.2) is 60.0 Å². The molecule has 0 aliphatic carbocycles. The van der Waals surface area contributed by atoms with Gasteiger partial charge in [0.15, 0.2) is 0 Å². The number of carbonyl (C=O) groups is 1. The monoisotopic (exact) mass is 390 g/mol. The van der Waals surface area contributed by atoms with Crippen LogP contribution in [0, 0.1) is 0 Å². The first kappa shape index (κ1) is 18.0. The fraction of sp³-hybridized carbons (Fsp3) is 0.150. The summed E-state index contributed by atoms with van der Waals surface area (Å²) in [6.45, 7) is 2.17. The van der Waals surface area contributed by atoms with Gasteiger partial charge >= 0.3 is 5.97 Å². The van der Waals surface area contributed by atoms with Crippen molar-refractivity contribution < 1.29 is 9.53 Å². The molecule has 0 saturated heterocycles. The van der Waals surface area contributed by atoms with Crippen LogP contribution in [0.2, 0.25) is 10.0 Å². The molecule has 0 radical (unpaired) electrons. The van der Waals surface area contributed by atoms with Gasteiger partial charge < -0.3 is 4.74 Å². The highest BCUT2D eigenvalue weighted by molar-refractivity contribution is 7.10. The van der Waals surface area contributed by atoms with Crippen molar-refractivity contribution in [1.29, 1.82) is 0 Å². The van der Waals surface area contributed by atoms with Crippen LogP contribution in [0.1, 0.15) is 39.2 Å². The van der Waals surface area contributed by atoms with Crippen LogP contribution in [0.4, 0.5) is 0 Å². The minimum atomic E-state index is -0.366. The predicted octanol–water partition coefficient (Wildman–Crippen LogP) is 6.56. The van der Waals surface area contributed by atoms with Gasteiger partial charge in [0.1, 0.15) is 6.61 Å². The number of hydrogen-bond donors (Lipinski definition) is 0. The fourth-order valence-electron chi connectivity index (χ4n) is 2.63. The molecule has 0 aliphatic rings. The lowest BCUT2D eigenvalue weighted by Gasteiger charge is -2.15. The molecule has 0 fully saturated rings. The Morgan fingerprint density at radius 3 is 2.64 bits per heavy atom. The van der Waals surface area contributed by atoms with Crippen molar-refractivity contribution in [3.63, 3.8) is 0 Å². The van der Waals surface area contributed by atoms with Crippen molar-refractivity contribution in [2.75, 3.05) is 0 Å². The molecule has 0 bridgehead atoms. The van der Waals surface area contributed by atoms with Crippen LogP contribution in [-0.4, -0.2) is 5.97 Å². The zero-order chi connectivity index (χ0) is 17.8. The molecule has 128 valence electrons. The first-order valence-corrected chi connectivity index (χ1v) is 9.44. The van der Waals surface area contributed by atoms with E-state index in [1.807, 2.05) is 29.6 Å². The topological polar surface area (TPSA) is 26.3 Å². The zero-order valence-electron chi connectivity index (χ0n) is 13.5. The molecule has 3 rings (SSSR count). The first-order chi connectivity index (χ1) is 12.1. The van der Waals surface area contributed by atoms with Gasteiger partial charge in [0.2, 0.25) is 0 Å². The molecule has 0 aliphatic heterocycles. The van der Waals surface area contributed by atoms with Gasteiger partial charge in [-0.2, -0.15) is 0 Å². The van der Waals surface area contributed by atoms with E-state index in [1.165, 1.54) is 4.88 Å². The van der Waals surface area contributed by atoms with Gasteiger partial charge in [-0.1, -0.05) is 66.5 Å². The van der Waals surface area contributed by atoms with Gasteiger partial charge in [0.05, 0.1) is 15.6 Å². The Bertz CT molecular complexity index is 875. The maximum Gasteiger partial charge on any atom is 0.338 e. The molecule has 0 spiro atoms. The van der Waals surface area contributed by atoms with E-state index in [4.69, 9.17) is 27.9 Å². The Morgan fingerprint density at radius 1 is 1.08 bits per heavy atom. The van der Waals surface area contributed by atoms with Crippen molar-refractivity contribution in [2.45, 2.75) is 19.4 Å². The molecule has 0 N–H and O–H groups in total. The SMILES string of the molecule is CC(c1cccs1)c1ccccc1C(=O)OCc1cccc(Cl)c1Cl. The standard InChI is InChI=1S/C20H16Cl2O2S/c1-13(18-10-5-11-25-18)15-7-2-3-8-16(15)20(23)24-12-14-6-4-9-17(21)19(14)22/h2-11,13H,12H2,1H3. The third-order valence-corrected chi connectivity index (χ3v) is 5.92. The number of thiophene rings is 1.